The number of aromatic nitrogens is 2. The van der Waals surface area contributed by atoms with Crippen molar-refractivity contribution in [3.05, 3.63) is 72.6 Å². The van der Waals surface area contributed by atoms with Crippen LogP contribution in [-0.4, -0.2) is 34.4 Å². The van der Waals surface area contributed by atoms with E-state index in [0.29, 0.717) is 0 Å². The number of benzene rings is 3. The number of nitrogens with zero attached hydrogens (tertiary/aromatic N) is 4. The van der Waals surface area contributed by atoms with Crippen molar-refractivity contribution in [1.82, 2.24) is 14.3 Å². The van der Waals surface area contributed by atoms with Crippen LogP contribution in [0, 0.1) is 0 Å². The molecule has 0 saturated heterocycles. The molecule has 0 radical (unpaired) electrons. The second-order valence-corrected chi connectivity index (χ2v) is 7.79. The average Bonchev–Trinajstić information content (AvgIpc) is 3.18. The lowest BCUT2D eigenvalue weighted by atomic mass is 10.1. The summed E-state index contributed by atoms with van der Waals surface area (Å²) >= 11 is 1.44. The van der Waals surface area contributed by atoms with Crippen LogP contribution in [0.2, 0.25) is 0 Å². The van der Waals surface area contributed by atoms with Crippen LogP contribution < -0.4 is 4.90 Å². The van der Waals surface area contributed by atoms with Crippen molar-refractivity contribution >= 4 is 33.7 Å². The third kappa shape index (κ3) is 3.09. The first-order valence-corrected chi connectivity index (χ1v) is 9.90. The topological polar surface area (TPSA) is 32.3 Å². The summed E-state index contributed by atoms with van der Waals surface area (Å²) in [6.07, 6.45) is 1.62. The van der Waals surface area contributed by atoms with Crippen LogP contribution in [0.4, 0.5) is 11.4 Å². The highest BCUT2D eigenvalue weighted by Crippen LogP contribution is 2.35. The summed E-state index contributed by atoms with van der Waals surface area (Å²) in [6, 6.07) is 22.0. The highest BCUT2D eigenvalue weighted by Gasteiger charge is 2.20. The molecule has 0 amide bonds. The quantitative estimate of drug-likeness (QED) is 0.499. The molecule has 27 heavy (non-hydrogen) atoms. The maximum Gasteiger partial charge on any atom is 0.143 e. The summed E-state index contributed by atoms with van der Waals surface area (Å²) in [4.78, 5) is 9.19. The van der Waals surface area contributed by atoms with Gasteiger partial charge in [-0.25, -0.2) is 4.98 Å². The van der Waals surface area contributed by atoms with Gasteiger partial charge in [-0.2, -0.15) is 4.37 Å². The molecule has 5 rings (SSSR count). The molecule has 0 aliphatic carbocycles. The Kier molecular flexibility index (Phi) is 4.11. The molecule has 4 nitrogen and oxygen atoms in total. The number of anilines is 2. The lowest BCUT2D eigenvalue weighted by Crippen LogP contribution is -2.26. The summed E-state index contributed by atoms with van der Waals surface area (Å²) in [5.74, 6) is 0. The van der Waals surface area contributed by atoms with Gasteiger partial charge in [0, 0.05) is 36.6 Å². The van der Waals surface area contributed by atoms with E-state index < -0.39 is 0 Å². The van der Waals surface area contributed by atoms with E-state index in [0.717, 1.165) is 30.2 Å². The Balaban J connectivity index is 1.61. The van der Waals surface area contributed by atoms with Crippen LogP contribution in [0.25, 0.3) is 21.3 Å². The summed E-state index contributed by atoms with van der Waals surface area (Å²) < 4.78 is 4.15. The molecule has 4 aromatic rings. The molecule has 2 heterocycles. The van der Waals surface area contributed by atoms with E-state index in [9.17, 15) is 0 Å². The minimum Gasteiger partial charge on any atom is -0.340 e. The third-order valence-corrected chi connectivity index (χ3v) is 5.88. The van der Waals surface area contributed by atoms with Crippen molar-refractivity contribution < 1.29 is 0 Å². The summed E-state index contributed by atoms with van der Waals surface area (Å²) in [5, 5.41) is 3.53. The number of hydrogen-bond acceptors (Lipinski definition) is 5. The molecule has 5 heteroatoms. The van der Waals surface area contributed by atoms with Gasteiger partial charge in [-0.05, 0) is 65.2 Å². The average molecular weight is 372 g/mol. The van der Waals surface area contributed by atoms with Gasteiger partial charge in [-0.3, -0.25) is 0 Å². The summed E-state index contributed by atoms with van der Waals surface area (Å²) in [5.41, 5.74) is 5.00. The van der Waals surface area contributed by atoms with Gasteiger partial charge >= 0.3 is 0 Å². The molecule has 0 bridgehead atoms. The Morgan fingerprint density at radius 3 is 2.67 bits per heavy atom. The van der Waals surface area contributed by atoms with E-state index in [2.05, 4.69) is 86.9 Å². The number of likely N-dealkylation sites (N-methyl/N-ethyl adjacent to an activating group) is 1. The van der Waals surface area contributed by atoms with E-state index in [1.165, 1.54) is 39.2 Å². The molecular formula is C22H20N4S. The Hall–Kier alpha value is -2.76. The normalized spacial score (nSPS) is 14.9. The van der Waals surface area contributed by atoms with Crippen molar-refractivity contribution in [2.75, 3.05) is 25.0 Å². The van der Waals surface area contributed by atoms with Crippen LogP contribution in [0.15, 0.2) is 67.0 Å². The molecule has 3 aromatic carbocycles. The fraction of sp³-hybridized carbons (Fsp3) is 0.182. The molecule has 0 spiro atoms. The van der Waals surface area contributed by atoms with E-state index in [1.807, 2.05) is 0 Å². The lowest BCUT2D eigenvalue weighted by molar-refractivity contribution is 0.343. The Labute approximate surface area is 162 Å². The van der Waals surface area contributed by atoms with Crippen molar-refractivity contribution in [2.24, 2.45) is 0 Å². The maximum atomic E-state index is 4.37. The van der Waals surface area contributed by atoms with Crippen molar-refractivity contribution in [3.8, 4) is 10.6 Å². The van der Waals surface area contributed by atoms with Gasteiger partial charge < -0.3 is 9.80 Å². The zero-order chi connectivity index (χ0) is 18.2. The number of hydrogen-bond donors (Lipinski definition) is 0. The van der Waals surface area contributed by atoms with Crippen molar-refractivity contribution in [2.45, 2.75) is 6.54 Å². The predicted molar refractivity (Wildman–Crippen MR) is 113 cm³/mol. The summed E-state index contributed by atoms with van der Waals surface area (Å²) in [6.45, 7) is 2.93. The molecule has 134 valence electrons. The maximum absolute atomic E-state index is 4.37. The minimum atomic E-state index is 0.937. The molecule has 0 atom stereocenters. The van der Waals surface area contributed by atoms with E-state index >= 15 is 0 Å². The van der Waals surface area contributed by atoms with Gasteiger partial charge in [-0.15, -0.1) is 0 Å². The van der Waals surface area contributed by atoms with Gasteiger partial charge in [0.25, 0.3) is 0 Å². The highest BCUT2D eigenvalue weighted by molar-refractivity contribution is 7.09. The predicted octanol–water partition coefficient (Wildman–Crippen LogP) is 4.94. The second-order valence-electron chi connectivity index (χ2n) is 7.01. The standard InChI is InChI=1S/C22H20N4S/c1-25-10-11-26(20-8-6-16-4-2-3-5-17(16)13-20)21-9-7-18(12-19(21)14-25)22-23-15-24-27-22/h2-9,12-13,15H,10-11,14H2,1H3. The Morgan fingerprint density at radius 2 is 1.81 bits per heavy atom. The zero-order valence-corrected chi connectivity index (χ0v) is 16.0. The monoisotopic (exact) mass is 372 g/mol. The van der Waals surface area contributed by atoms with Gasteiger partial charge in [0.2, 0.25) is 0 Å². The van der Waals surface area contributed by atoms with Crippen LogP contribution in [-0.2, 0) is 6.54 Å². The first-order valence-electron chi connectivity index (χ1n) is 9.13. The number of fused-ring (bicyclic) bond motifs is 2. The first kappa shape index (κ1) is 16.4. The van der Waals surface area contributed by atoms with Crippen LogP contribution in [0.5, 0.6) is 0 Å². The van der Waals surface area contributed by atoms with Gasteiger partial charge in [-0.1, -0.05) is 30.3 Å². The molecule has 0 saturated carbocycles. The molecule has 1 aromatic heterocycles. The van der Waals surface area contributed by atoms with E-state index in [-0.39, 0.29) is 0 Å². The Bertz CT molecular complexity index is 1090. The fourth-order valence-electron chi connectivity index (χ4n) is 3.78. The lowest BCUT2D eigenvalue weighted by Gasteiger charge is -2.25. The molecule has 0 fully saturated rings. The second kappa shape index (κ2) is 6.76. The van der Waals surface area contributed by atoms with E-state index in [1.54, 1.807) is 6.33 Å². The van der Waals surface area contributed by atoms with Crippen molar-refractivity contribution in [1.29, 1.82) is 0 Å². The van der Waals surface area contributed by atoms with E-state index in [4.69, 9.17) is 0 Å². The first-order chi connectivity index (χ1) is 13.3. The molecular weight excluding hydrogens is 352 g/mol. The molecule has 1 aliphatic rings. The molecule has 1 aliphatic heterocycles. The highest BCUT2D eigenvalue weighted by atomic mass is 32.1. The smallest absolute Gasteiger partial charge is 0.143 e. The van der Waals surface area contributed by atoms with Crippen molar-refractivity contribution in [3.63, 3.8) is 0 Å². The van der Waals surface area contributed by atoms with Gasteiger partial charge in [0.1, 0.15) is 11.3 Å². The van der Waals surface area contributed by atoms with Crippen LogP contribution in [0.1, 0.15) is 5.56 Å². The van der Waals surface area contributed by atoms with Crippen LogP contribution >= 0.6 is 11.5 Å². The Morgan fingerprint density at radius 1 is 0.926 bits per heavy atom. The fourth-order valence-corrected chi connectivity index (χ4v) is 4.30. The largest absolute Gasteiger partial charge is 0.340 e. The van der Waals surface area contributed by atoms with Gasteiger partial charge in [0.05, 0.1) is 0 Å². The SMILES string of the molecule is CN1CCN(c2ccc3ccccc3c2)c2ccc(-c3ncns3)cc2C1. The minimum absolute atomic E-state index is 0.937. The third-order valence-electron chi connectivity index (χ3n) is 5.17. The molecule has 0 unspecified atom stereocenters. The van der Waals surface area contributed by atoms with Crippen LogP contribution in [0.3, 0.4) is 0 Å². The number of rotatable bonds is 2. The summed E-state index contributed by atoms with van der Waals surface area (Å²) in [7, 11) is 2.19. The molecule has 0 N–H and O–H groups in total. The van der Waals surface area contributed by atoms with Gasteiger partial charge in [0.15, 0.2) is 0 Å². The zero-order valence-electron chi connectivity index (χ0n) is 15.2.